The predicted molar refractivity (Wildman–Crippen MR) is 97.6 cm³/mol. The van der Waals surface area contributed by atoms with Crippen LogP contribution in [0.25, 0.3) is 0 Å². The minimum atomic E-state index is -0.484. The molecule has 138 valence electrons. The molecule has 2 N–H and O–H groups in total. The molecule has 0 unspecified atom stereocenters. The van der Waals surface area contributed by atoms with Crippen LogP contribution in [-0.2, 0) is 6.54 Å². The number of nitrogens with one attached hydrogen (secondary N) is 2. The summed E-state index contributed by atoms with van der Waals surface area (Å²) in [5, 5.41) is 9.06. The van der Waals surface area contributed by atoms with E-state index in [9.17, 15) is 9.59 Å². The summed E-state index contributed by atoms with van der Waals surface area (Å²) in [7, 11) is 1.57. The summed E-state index contributed by atoms with van der Waals surface area (Å²) < 4.78 is 10.2. The van der Waals surface area contributed by atoms with Crippen molar-refractivity contribution < 1.29 is 18.8 Å². The Morgan fingerprint density at radius 3 is 2.70 bits per heavy atom. The van der Waals surface area contributed by atoms with Gasteiger partial charge in [-0.15, -0.1) is 0 Å². The lowest BCUT2D eigenvalue weighted by atomic mass is 10.1. The minimum Gasteiger partial charge on any atom is -0.496 e. The number of nitrogens with zero attached hydrogens (tertiary/aromatic N) is 2. The van der Waals surface area contributed by atoms with Crippen LogP contribution in [0.1, 0.15) is 32.2 Å². The molecule has 0 bridgehead atoms. The number of pyridine rings is 1. The third kappa shape index (κ3) is 4.49. The average Bonchev–Trinajstić information content (AvgIpc) is 3.11. The predicted octanol–water partition coefficient (Wildman–Crippen LogP) is 2.57. The second kappa shape index (κ2) is 8.13. The molecule has 3 aromatic rings. The van der Waals surface area contributed by atoms with Crippen LogP contribution in [0.15, 0.2) is 53.2 Å². The Bertz CT molecular complexity index is 968. The van der Waals surface area contributed by atoms with Gasteiger partial charge in [0.1, 0.15) is 17.2 Å². The Kier molecular flexibility index (Phi) is 5.46. The first-order valence-corrected chi connectivity index (χ1v) is 8.17. The van der Waals surface area contributed by atoms with Crippen LogP contribution in [0.3, 0.4) is 0 Å². The van der Waals surface area contributed by atoms with Crippen molar-refractivity contribution in [3.8, 4) is 5.75 Å². The topological polar surface area (TPSA) is 106 Å². The van der Waals surface area contributed by atoms with Crippen molar-refractivity contribution in [2.24, 2.45) is 0 Å². The van der Waals surface area contributed by atoms with E-state index in [0.717, 1.165) is 5.56 Å². The van der Waals surface area contributed by atoms with Gasteiger partial charge in [0.25, 0.3) is 11.8 Å². The van der Waals surface area contributed by atoms with Gasteiger partial charge >= 0.3 is 0 Å². The molecule has 0 radical (unpaired) electrons. The number of para-hydroxylation sites is 1. The maximum Gasteiger partial charge on any atom is 0.275 e. The van der Waals surface area contributed by atoms with Crippen LogP contribution in [-0.4, -0.2) is 29.1 Å². The van der Waals surface area contributed by atoms with Crippen molar-refractivity contribution >= 4 is 17.6 Å². The van der Waals surface area contributed by atoms with Crippen molar-refractivity contribution in [2.75, 3.05) is 12.4 Å². The number of aryl methyl sites for hydroxylation is 1. The first-order chi connectivity index (χ1) is 13.1. The quantitative estimate of drug-likeness (QED) is 0.694. The lowest BCUT2D eigenvalue weighted by Gasteiger charge is -2.10. The van der Waals surface area contributed by atoms with Crippen LogP contribution in [0, 0.1) is 6.92 Å². The van der Waals surface area contributed by atoms with Crippen LogP contribution in [0.5, 0.6) is 5.75 Å². The smallest absolute Gasteiger partial charge is 0.275 e. The summed E-state index contributed by atoms with van der Waals surface area (Å²) in [5.41, 5.74) is 1.27. The molecule has 0 atom stereocenters. The highest BCUT2D eigenvalue weighted by Crippen LogP contribution is 2.17. The van der Waals surface area contributed by atoms with Gasteiger partial charge in [-0.3, -0.25) is 14.6 Å². The van der Waals surface area contributed by atoms with Crippen LogP contribution in [0.2, 0.25) is 0 Å². The zero-order chi connectivity index (χ0) is 19.2. The number of carbonyl (C=O) groups is 2. The largest absolute Gasteiger partial charge is 0.496 e. The fourth-order valence-corrected chi connectivity index (χ4v) is 2.43. The van der Waals surface area contributed by atoms with E-state index in [1.807, 2.05) is 24.3 Å². The molecule has 8 nitrogen and oxygen atoms in total. The number of hydrogen-bond acceptors (Lipinski definition) is 6. The molecule has 0 aliphatic rings. The Hall–Kier alpha value is -3.68. The van der Waals surface area contributed by atoms with Gasteiger partial charge in [0.15, 0.2) is 5.82 Å². The molecule has 2 aromatic heterocycles. The van der Waals surface area contributed by atoms with Gasteiger partial charge in [-0.1, -0.05) is 23.4 Å². The second-order valence-electron chi connectivity index (χ2n) is 5.70. The van der Waals surface area contributed by atoms with Crippen molar-refractivity contribution in [2.45, 2.75) is 13.5 Å². The summed E-state index contributed by atoms with van der Waals surface area (Å²) in [6, 6.07) is 11.9. The number of ether oxygens (including phenoxy) is 1. The number of methoxy groups -OCH3 is 1. The van der Waals surface area contributed by atoms with E-state index in [1.54, 1.807) is 20.1 Å². The van der Waals surface area contributed by atoms with E-state index in [1.165, 1.54) is 18.3 Å². The normalized spacial score (nSPS) is 10.3. The summed E-state index contributed by atoms with van der Waals surface area (Å²) in [4.78, 5) is 28.7. The maximum absolute atomic E-state index is 12.4. The molecular formula is C19H18N4O4. The molecule has 0 spiro atoms. The van der Waals surface area contributed by atoms with Gasteiger partial charge in [-0.25, -0.2) is 0 Å². The van der Waals surface area contributed by atoms with Gasteiger partial charge in [0, 0.05) is 29.9 Å². The number of hydrogen-bond donors (Lipinski definition) is 2. The lowest BCUT2D eigenvalue weighted by Crippen LogP contribution is -2.24. The standard InChI is InChI=1S/C19H18N4O4/c1-12-9-17(23-27-12)22-19(25)15-10-13(7-8-20-15)18(24)21-11-14-5-3-4-6-16(14)26-2/h3-10H,11H2,1-2H3,(H,21,24)(H,22,23,25). The SMILES string of the molecule is COc1ccccc1CNC(=O)c1ccnc(C(=O)Nc2cc(C)on2)c1. The molecule has 0 fully saturated rings. The Labute approximate surface area is 155 Å². The van der Waals surface area contributed by atoms with Gasteiger partial charge in [-0.2, -0.15) is 0 Å². The highest BCUT2D eigenvalue weighted by Gasteiger charge is 2.14. The van der Waals surface area contributed by atoms with Crippen LogP contribution >= 0.6 is 0 Å². The number of carbonyl (C=O) groups excluding carboxylic acids is 2. The van der Waals surface area contributed by atoms with E-state index in [4.69, 9.17) is 9.26 Å². The number of benzene rings is 1. The summed E-state index contributed by atoms with van der Waals surface area (Å²) in [6.07, 6.45) is 1.40. The number of rotatable bonds is 6. The van der Waals surface area contributed by atoms with Crippen molar-refractivity contribution in [1.29, 1.82) is 0 Å². The van der Waals surface area contributed by atoms with Crippen molar-refractivity contribution in [3.05, 3.63) is 71.2 Å². The van der Waals surface area contributed by atoms with Gasteiger partial charge in [-0.05, 0) is 25.1 Å². The van der Waals surface area contributed by atoms with Crippen molar-refractivity contribution in [3.63, 3.8) is 0 Å². The van der Waals surface area contributed by atoms with Crippen LogP contribution < -0.4 is 15.4 Å². The number of anilines is 1. The molecule has 3 rings (SSSR count). The molecule has 0 saturated carbocycles. The molecule has 0 saturated heterocycles. The van der Waals surface area contributed by atoms with E-state index in [2.05, 4.69) is 20.8 Å². The molecule has 1 aromatic carbocycles. The minimum absolute atomic E-state index is 0.0978. The number of aromatic nitrogens is 2. The third-order valence-corrected chi connectivity index (χ3v) is 3.76. The fraction of sp³-hybridized carbons (Fsp3) is 0.158. The summed E-state index contributed by atoms with van der Waals surface area (Å²) in [6.45, 7) is 2.01. The zero-order valence-electron chi connectivity index (χ0n) is 14.9. The van der Waals surface area contributed by atoms with Gasteiger partial charge in [0.2, 0.25) is 0 Å². The zero-order valence-corrected chi connectivity index (χ0v) is 14.9. The third-order valence-electron chi connectivity index (χ3n) is 3.76. The first-order valence-electron chi connectivity index (χ1n) is 8.17. The molecule has 2 amide bonds. The van der Waals surface area contributed by atoms with Crippen LogP contribution in [0.4, 0.5) is 5.82 Å². The summed E-state index contributed by atoms with van der Waals surface area (Å²) in [5.74, 6) is 0.737. The molecule has 0 aliphatic carbocycles. The highest BCUT2D eigenvalue weighted by atomic mass is 16.5. The van der Waals surface area contributed by atoms with Gasteiger partial charge in [0.05, 0.1) is 7.11 Å². The monoisotopic (exact) mass is 366 g/mol. The van der Waals surface area contributed by atoms with Gasteiger partial charge < -0.3 is 19.9 Å². The summed E-state index contributed by atoms with van der Waals surface area (Å²) >= 11 is 0. The number of amides is 2. The highest BCUT2D eigenvalue weighted by molar-refractivity contribution is 6.04. The maximum atomic E-state index is 12.4. The fourth-order valence-electron chi connectivity index (χ4n) is 2.43. The first kappa shape index (κ1) is 18.1. The second-order valence-corrected chi connectivity index (χ2v) is 5.70. The Balaban J connectivity index is 1.67. The molecule has 27 heavy (non-hydrogen) atoms. The lowest BCUT2D eigenvalue weighted by molar-refractivity contribution is 0.0950. The molecular weight excluding hydrogens is 348 g/mol. The molecule has 2 heterocycles. The molecule has 0 aliphatic heterocycles. The van der Waals surface area contributed by atoms with E-state index in [0.29, 0.717) is 23.6 Å². The van der Waals surface area contributed by atoms with E-state index < -0.39 is 5.91 Å². The van der Waals surface area contributed by atoms with E-state index >= 15 is 0 Å². The molecule has 8 heteroatoms. The Morgan fingerprint density at radius 2 is 1.96 bits per heavy atom. The average molecular weight is 366 g/mol. The van der Waals surface area contributed by atoms with E-state index in [-0.39, 0.29) is 17.4 Å². The Morgan fingerprint density at radius 1 is 1.15 bits per heavy atom. The van der Waals surface area contributed by atoms with Crippen molar-refractivity contribution in [1.82, 2.24) is 15.5 Å².